The maximum atomic E-state index is 12.6. The van der Waals surface area contributed by atoms with Gasteiger partial charge in [0.2, 0.25) is 5.91 Å². The van der Waals surface area contributed by atoms with Crippen molar-refractivity contribution in [3.05, 3.63) is 59.2 Å². The zero-order chi connectivity index (χ0) is 19.2. The Hall–Kier alpha value is -3.02. The molecule has 1 heterocycles. The molecule has 1 aliphatic heterocycles. The molecular weight excluding hydrogens is 340 g/mol. The average Bonchev–Trinajstić information content (AvgIpc) is 3.13. The van der Waals surface area contributed by atoms with Crippen molar-refractivity contribution in [1.82, 2.24) is 10.6 Å². The van der Waals surface area contributed by atoms with E-state index in [-0.39, 0.29) is 12.5 Å². The lowest BCUT2D eigenvalue weighted by molar-refractivity contribution is -0.117. The van der Waals surface area contributed by atoms with Crippen molar-refractivity contribution < 1.29 is 9.53 Å². The standard InChI is InChI=1S/C21H26N4O2/c1-15-8-9-17(19(12-15)27-3)13-23-21(22-2)24-14-20(26)25-11-10-16-6-4-5-7-18(16)25/h4-9,12H,10-11,13-14H2,1-3H3,(H2,22,23,24). The highest BCUT2D eigenvalue weighted by atomic mass is 16.5. The summed E-state index contributed by atoms with van der Waals surface area (Å²) in [6.07, 6.45) is 0.905. The van der Waals surface area contributed by atoms with E-state index < -0.39 is 0 Å². The third-order valence-electron chi connectivity index (χ3n) is 4.71. The van der Waals surface area contributed by atoms with Gasteiger partial charge in [0.15, 0.2) is 5.96 Å². The van der Waals surface area contributed by atoms with Crippen LogP contribution < -0.4 is 20.3 Å². The van der Waals surface area contributed by atoms with Crippen molar-refractivity contribution in [3.8, 4) is 5.75 Å². The van der Waals surface area contributed by atoms with Crippen LogP contribution in [-0.4, -0.2) is 39.1 Å². The number of para-hydroxylation sites is 1. The number of nitrogens with one attached hydrogen (secondary N) is 2. The molecule has 2 N–H and O–H groups in total. The number of fused-ring (bicyclic) bond motifs is 1. The summed E-state index contributed by atoms with van der Waals surface area (Å²) in [4.78, 5) is 18.6. The minimum Gasteiger partial charge on any atom is -0.496 e. The summed E-state index contributed by atoms with van der Waals surface area (Å²) in [5, 5.41) is 6.34. The van der Waals surface area contributed by atoms with Crippen molar-refractivity contribution in [2.75, 3.05) is 32.1 Å². The Morgan fingerprint density at radius 3 is 2.81 bits per heavy atom. The molecular formula is C21H26N4O2. The molecule has 0 radical (unpaired) electrons. The molecule has 0 aromatic heterocycles. The quantitative estimate of drug-likeness (QED) is 0.629. The number of nitrogens with zero attached hydrogens (tertiary/aromatic N) is 2. The number of aliphatic imine (C=N–C) groups is 1. The second kappa shape index (κ2) is 8.58. The summed E-state index contributed by atoms with van der Waals surface area (Å²) in [5.41, 5.74) is 4.41. The molecule has 0 saturated heterocycles. The first-order chi connectivity index (χ1) is 13.1. The number of ether oxygens (including phenoxy) is 1. The molecule has 6 heteroatoms. The summed E-state index contributed by atoms with van der Waals surface area (Å²) in [7, 11) is 3.36. The number of benzene rings is 2. The number of rotatable bonds is 5. The molecule has 0 fully saturated rings. The van der Waals surface area contributed by atoms with E-state index in [1.54, 1.807) is 14.2 Å². The van der Waals surface area contributed by atoms with Gasteiger partial charge >= 0.3 is 0 Å². The zero-order valence-electron chi connectivity index (χ0n) is 16.1. The van der Waals surface area contributed by atoms with Crippen LogP contribution in [0.15, 0.2) is 47.5 Å². The SMILES string of the molecule is CN=C(NCC(=O)N1CCc2ccccc21)NCc1ccc(C)cc1OC. The van der Waals surface area contributed by atoms with Crippen LogP contribution in [0.5, 0.6) is 5.75 Å². The van der Waals surface area contributed by atoms with E-state index in [9.17, 15) is 4.79 Å². The van der Waals surface area contributed by atoms with Gasteiger partial charge in [0.05, 0.1) is 13.7 Å². The molecule has 142 valence electrons. The first kappa shape index (κ1) is 18.8. The highest BCUT2D eigenvalue weighted by Crippen LogP contribution is 2.27. The van der Waals surface area contributed by atoms with E-state index in [2.05, 4.69) is 21.7 Å². The van der Waals surface area contributed by atoms with Crippen LogP contribution in [0.3, 0.4) is 0 Å². The fraction of sp³-hybridized carbons (Fsp3) is 0.333. The minimum absolute atomic E-state index is 0.0378. The Kier molecular flexibility index (Phi) is 5.96. The molecule has 3 rings (SSSR count). The topological polar surface area (TPSA) is 66.0 Å². The Bertz CT molecular complexity index is 848. The lowest BCUT2D eigenvalue weighted by Gasteiger charge is -2.19. The predicted octanol–water partition coefficient (Wildman–Crippen LogP) is 2.26. The van der Waals surface area contributed by atoms with Gasteiger partial charge in [-0.15, -0.1) is 0 Å². The highest BCUT2D eigenvalue weighted by molar-refractivity contribution is 5.98. The lowest BCUT2D eigenvalue weighted by atomic mass is 10.1. The first-order valence-corrected chi connectivity index (χ1v) is 9.08. The van der Waals surface area contributed by atoms with Gasteiger partial charge in [-0.1, -0.05) is 30.3 Å². The van der Waals surface area contributed by atoms with Gasteiger partial charge in [-0.2, -0.15) is 0 Å². The lowest BCUT2D eigenvalue weighted by Crippen LogP contribution is -2.44. The smallest absolute Gasteiger partial charge is 0.246 e. The van der Waals surface area contributed by atoms with E-state index in [1.807, 2.05) is 48.2 Å². The summed E-state index contributed by atoms with van der Waals surface area (Å²) < 4.78 is 5.43. The molecule has 0 bridgehead atoms. The van der Waals surface area contributed by atoms with E-state index >= 15 is 0 Å². The molecule has 6 nitrogen and oxygen atoms in total. The van der Waals surface area contributed by atoms with Crippen LogP contribution in [0.25, 0.3) is 0 Å². The molecule has 1 aliphatic rings. The molecule has 0 atom stereocenters. The van der Waals surface area contributed by atoms with Gasteiger partial charge in [0.25, 0.3) is 0 Å². The Labute approximate surface area is 160 Å². The second-order valence-corrected chi connectivity index (χ2v) is 6.52. The maximum Gasteiger partial charge on any atom is 0.246 e. The number of methoxy groups -OCH3 is 1. The van der Waals surface area contributed by atoms with Crippen LogP contribution in [0.2, 0.25) is 0 Å². The summed E-state index contributed by atoms with van der Waals surface area (Å²) in [6.45, 7) is 3.51. The number of amides is 1. The monoisotopic (exact) mass is 366 g/mol. The normalized spacial score (nSPS) is 13.3. The van der Waals surface area contributed by atoms with E-state index in [1.165, 1.54) is 5.56 Å². The van der Waals surface area contributed by atoms with Crippen LogP contribution in [0.4, 0.5) is 5.69 Å². The molecule has 0 unspecified atom stereocenters. The van der Waals surface area contributed by atoms with Crippen molar-refractivity contribution >= 4 is 17.6 Å². The highest BCUT2D eigenvalue weighted by Gasteiger charge is 2.23. The number of aryl methyl sites for hydroxylation is 1. The number of anilines is 1. The molecule has 2 aromatic rings. The van der Waals surface area contributed by atoms with Crippen LogP contribution in [0.1, 0.15) is 16.7 Å². The van der Waals surface area contributed by atoms with E-state index in [0.29, 0.717) is 12.5 Å². The summed E-state index contributed by atoms with van der Waals surface area (Å²) in [6, 6.07) is 14.1. The number of hydrogen-bond donors (Lipinski definition) is 2. The van der Waals surface area contributed by atoms with Crippen molar-refractivity contribution in [3.63, 3.8) is 0 Å². The van der Waals surface area contributed by atoms with Gasteiger partial charge in [-0.05, 0) is 36.6 Å². The number of guanidine groups is 1. The molecule has 2 aromatic carbocycles. The van der Waals surface area contributed by atoms with Gasteiger partial charge in [0, 0.05) is 31.4 Å². The van der Waals surface area contributed by atoms with Crippen molar-refractivity contribution in [1.29, 1.82) is 0 Å². The van der Waals surface area contributed by atoms with E-state index in [0.717, 1.165) is 35.5 Å². The third-order valence-corrected chi connectivity index (χ3v) is 4.71. The van der Waals surface area contributed by atoms with Gasteiger partial charge in [-0.3, -0.25) is 9.79 Å². The van der Waals surface area contributed by atoms with Crippen LogP contribution in [0, 0.1) is 6.92 Å². The van der Waals surface area contributed by atoms with Gasteiger partial charge in [-0.25, -0.2) is 0 Å². The van der Waals surface area contributed by atoms with Gasteiger partial charge < -0.3 is 20.3 Å². The first-order valence-electron chi connectivity index (χ1n) is 9.08. The molecule has 0 aliphatic carbocycles. The molecule has 0 spiro atoms. The van der Waals surface area contributed by atoms with Crippen LogP contribution >= 0.6 is 0 Å². The minimum atomic E-state index is 0.0378. The number of carbonyl (C=O) groups excluding carboxylic acids is 1. The fourth-order valence-corrected chi connectivity index (χ4v) is 3.25. The third kappa shape index (κ3) is 4.39. The van der Waals surface area contributed by atoms with Crippen molar-refractivity contribution in [2.45, 2.75) is 19.9 Å². The van der Waals surface area contributed by atoms with E-state index in [4.69, 9.17) is 4.74 Å². The summed E-state index contributed by atoms with van der Waals surface area (Å²) in [5.74, 6) is 1.46. The van der Waals surface area contributed by atoms with Crippen LogP contribution in [-0.2, 0) is 17.8 Å². The zero-order valence-corrected chi connectivity index (χ0v) is 16.1. The average molecular weight is 366 g/mol. The molecule has 0 saturated carbocycles. The Morgan fingerprint density at radius 2 is 2.04 bits per heavy atom. The molecule has 1 amide bonds. The molecule has 27 heavy (non-hydrogen) atoms. The van der Waals surface area contributed by atoms with Crippen molar-refractivity contribution in [2.24, 2.45) is 4.99 Å². The maximum absolute atomic E-state index is 12.6. The summed E-state index contributed by atoms with van der Waals surface area (Å²) >= 11 is 0. The van der Waals surface area contributed by atoms with Gasteiger partial charge in [0.1, 0.15) is 5.75 Å². The Balaban J connectivity index is 1.55. The number of carbonyl (C=O) groups is 1. The second-order valence-electron chi connectivity index (χ2n) is 6.52. The fourth-order valence-electron chi connectivity index (χ4n) is 3.25. The largest absolute Gasteiger partial charge is 0.496 e. The Morgan fingerprint density at radius 1 is 1.22 bits per heavy atom. The predicted molar refractivity (Wildman–Crippen MR) is 108 cm³/mol. The number of hydrogen-bond acceptors (Lipinski definition) is 3.